The van der Waals surface area contributed by atoms with Crippen LogP contribution in [0.2, 0.25) is 0 Å². The first-order chi connectivity index (χ1) is 9.40. The Morgan fingerprint density at radius 1 is 0.842 bits per heavy atom. The Hall–Kier alpha value is -2.39. The highest BCUT2D eigenvalue weighted by atomic mass is 16.5. The molecule has 94 valence electrons. The Morgan fingerprint density at radius 2 is 1.42 bits per heavy atom. The van der Waals surface area contributed by atoms with Crippen LogP contribution in [-0.2, 0) is 6.61 Å². The number of aliphatic hydroxyl groups is 1. The molecule has 0 bridgehead atoms. The molecule has 0 aliphatic carbocycles. The van der Waals surface area contributed by atoms with Crippen molar-refractivity contribution >= 4 is 0 Å². The first-order valence-corrected chi connectivity index (χ1v) is 6.10. The Morgan fingerprint density at radius 3 is 2.00 bits per heavy atom. The van der Waals surface area contributed by atoms with Gasteiger partial charge in [0.2, 0.25) is 0 Å². The van der Waals surface area contributed by atoms with E-state index in [2.05, 4.69) is 5.16 Å². The zero-order chi connectivity index (χ0) is 13.1. The molecule has 3 nitrogen and oxygen atoms in total. The standard InChI is InChI=1S/C16H13NO2/c18-11-14-15(12-7-3-1-4-8-12)16(17-19-14)13-9-5-2-6-10-13/h1-10,18H,11H2. The van der Waals surface area contributed by atoms with E-state index >= 15 is 0 Å². The van der Waals surface area contributed by atoms with Gasteiger partial charge in [-0.25, -0.2) is 0 Å². The lowest BCUT2D eigenvalue weighted by Crippen LogP contribution is -1.86. The van der Waals surface area contributed by atoms with Crippen molar-refractivity contribution in [1.29, 1.82) is 0 Å². The highest BCUT2D eigenvalue weighted by Gasteiger charge is 2.18. The van der Waals surface area contributed by atoms with Crippen molar-refractivity contribution < 1.29 is 9.63 Å². The monoisotopic (exact) mass is 251 g/mol. The summed E-state index contributed by atoms with van der Waals surface area (Å²) in [4.78, 5) is 0. The molecule has 19 heavy (non-hydrogen) atoms. The Balaban J connectivity index is 2.20. The predicted octanol–water partition coefficient (Wildman–Crippen LogP) is 3.50. The van der Waals surface area contributed by atoms with Gasteiger partial charge in [0.1, 0.15) is 12.3 Å². The number of nitrogens with zero attached hydrogens (tertiary/aromatic N) is 1. The van der Waals surface area contributed by atoms with Gasteiger partial charge in [-0.05, 0) is 5.56 Å². The van der Waals surface area contributed by atoms with Gasteiger partial charge in [0.25, 0.3) is 0 Å². The number of benzene rings is 2. The number of hydrogen-bond donors (Lipinski definition) is 1. The van der Waals surface area contributed by atoms with E-state index in [4.69, 9.17) is 4.52 Å². The number of hydrogen-bond acceptors (Lipinski definition) is 3. The molecular weight excluding hydrogens is 238 g/mol. The van der Waals surface area contributed by atoms with Crippen molar-refractivity contribution in [2.75, 3.05) is 0 Å². The van der Waals surface area contributed by atoms with Crippen molar-refractivity contribution in [3.63, 3.8) is 0 Å². The topological polar surface area (TPSA) is 46.3 Å². The molecule has 0 aliphatic rings. The summed E-state index contributed by atoms with van der Waals surface area (Å²) in [6, 6.07) is 19.7. The van der Waals surface area contributed by atoms with Crippen molar-refractivity contribution in [2.24, 2.45) is 0 Å². The van der Waals surface area contributed by atoms with Gasteiger partial charge < -0.3 is 9.63 Å². The number of rotatable bonds is 3. The van der Waals surface area contributed by atoms with E-state index in [9.17, 15) is 5.11 Å². The minimum atomic E-state index is -0.163. The minimum absolute atomic E-state index is 0.163. The van der Waals surface area contributed by atoms with E-state index in [0.717, 1.165) is 22.4 Å². The Kier molecular flexibility index (Phi) is 3.12. The molecule has 0 amide bonds. The van der Waals surface area contributed by atoms with Crippen LogP contribution in [0.3, 0.4) is 0 Å². The van der Waals surface area contributed by atoms with Gasteiger partial charge in [0, 0.05) is 5.56 Å². The third-order valence-electron chi connectivity index (χ3n) is 3.02. The molecular formula is C16H13NO2. The van der Waals surface area contributed by atoms with Gasteiger partial charge in [-0.2, -0.15) is 0 Å². The maximum atomic E-state index is 9.41. The molecule has 1 aromatic heterocycles. The average Bonchev–Trinajstić information content (AvgIpc) is 2.93. The summed E-state index contributed by atoms with van der Waals surface area (Å²) >= 11 is 0. The third kappa shape index (κ3) is 2.16. The van der Waals surface area contributed by atoms with Crippen LogP contribution in [0.15, 0.2) is 65.2 Å². The summed E-state index contributed by atoms with van der Waals surface area (Å²) in [7, 11) is 0. The van der Waals surface area contributed by atoms with Crippen LogP contribution in [0.1, 0.15) is 5.76 Å². The first kappa shape index (κ1) is 11.7. The molecule has 3 aromatic rings. The number of aliphatic hydroxyl groups excluding tert-OH is 1. The molecule has 2 aromatic carbocycles. The Labute approximate surface area is 111 Å². The van der Waals surface area contributed by atoms with Crippen LogP contribution < -0.4 is 0 Å². The minimum Gasteiger partial charge on any atom is -0.388 e. The van der Waals surface area contributed by atoms with Gasteiger partial charge >= 0.3 is 0 Å². The summed E-state index contributed by atoms with van der Waals surface area (Å²) in [6.07, 6.45) is 0. The van der Waals surface area contributed by atoms with Crippen LogP contribution in [0.4, 0.5) is 0 Å². The van der Waals surface area contributed by atoms with E-state index in [-0.39, 0.29) is 6.61 Å². The lowest BCUT2D eigenvalue weighted by atomic mass is 9.99. The summed E-state index contributed by atoms with van der Waals surface area (Å²) < 4.78 is 5.25. The second kappa shape index (κ2) is 5.08. The van der Waals surface area contributed by atoms with E-state index in [1.54, 1.807) is 0 Å². The molecule has 1 N–H and O–H groups in total. The molecule has 0 atom stereocenters. The maximum absolute atomic E-state index is 9.41. The van der Waals surface area contributed by atoms with E-state index in [1.165, 1.54) is 0 Å². The molecule has 0 radical (unpaired) electrons. The zero-order valence-corrected chi connectivity index (χ0v) is 10.3. The second-order valence-electron chi connectivity index (χ2n) is 4.22. The molecule has 0 unspecified atom stereocenters. The molecule has 0 fully saturated rings. The third-order valence-corrected chi connectivity index (χ3v) is 3.02. The molecule has 0 aliphatic heterocycles. The van der Waals surface area contributed by atoms with Gasteiger partial charge in [-0.15, -0.1) is 0 Å². The van der Waals surface area contributed by atoms with Crippen molar-refractivity contribution in [3.05, 3.63) is 66.4 Å². The van der Waals surface area contributed by atoms with Gasteiger partial charge in [-0.3, -0.25) is 0 Å². The molecule has 1 heterocycles. The quantitative estimate of drug-likeness (QED) is 0.775. The van der Waals surface area contributed by atoms with Crippen molar-refractivity contribution in [2.45, 2.75) is 6.61 Å². The van der Waals surface area contributed by atoms with E-state index in [1.807, 2.05) is 60.7 Å². The van der Waals surface area contributed by atoms with Crippen LogP contribution in [0.5, 0.6) is 0 Å². The zero-order valence-electron chi connectivity index (χ0n) is 10.3. The van der Waals surface area contributed by atoms with E-state index < -0.39 is 0 Å². The van der Waals surface area contributed by atoms with Gasteiger partial charge in [0.05, 0.1) is 5.56 Å². The second-order valence-corrected chi connectivity index (χ2v) is 4.22. The predicted molar refractivity (Wildman–Crippen MR) is 73.3 cm³/mol. The summed E-state index contributed by atoms with van der Waals surface area (Å²) in [6.45, 7) is -0.163. The van der Waals surface area contributed by atoms with Crippen molar-refractivity contribution in [3.8, 4) is 22.4 Å². The normalized spacial score (nSPS) is 10.6. The fourth-order valence-corrected chi connectivity index (χ4v) is 2.13. The summed E-state index contributed by atoms with van der Waals surface area (Å²) in [5.74, 6) is 0.491. The van der Waals surface area contributed by atoms with Crippen LogP contribution in [0, 0.1) is 0 Å². The highest BCUT2D eigenvalue weighted by molar-refractivity contribution is 5.81. The van der Waals surface area contributed by atoms with Gasteiger partial charge in [0.15, 0.2) is 5.76 Å². The maximum Gasteiger partial charge on any atom is 0.170 e. The summed E-state index contributed by atoms with van der Waals surface area (Å²) in [5.41, 5.74) is 3.58. The van der Waals surface area contributed by atoms with Crippen LogP contribution in [0.25, 0.3) is 22.4 Å². The molecule has 0 spiro atoms. The van der Waals surface area contributed by atoms with Crippen molar-refractivity contribution in [1.82, 2.24) is 5.16 Å². The summed E-state index contributed by atoms with van der Waals surface area (Å²) in [5, 5.41) is 13.5. The number of aromatic nitrogens is 1. The van der Waals surface area contributed by atoms with Crippen LogP contribution >= 0.6 is 0 Å². The smallest absolute Gasteiger partial charge is 0.170 e. The molecule has 3 rings (SSSR count). The largest absolute Gasteiger partial charge is 0.388 e. The van der Waals surface area contributed by atoms with E-state index in [0.29, 0.717) is 5.76 Å². The lowest BCUT2D eigenvalue weighted by molar-refractivity contribution is 0.230. The first-order valence-electron chi connectivity index (χ1n) is 6.10. The fourth-order valence-electron chi connectivity index (χ4n) is 2.13. The highest BCUT2D eigenvalue weighted by Crippen LogP contribution is 2.34. The Bertz CT molecular complexity index is 660. The molecule has 0 saturated carbocycles. The average molecular weight is 251 g/mol. The lowest BCUT2D eigenvalue weighted by Gasteiger charge is -2.03. The van der Waals surface area contributed by atoms with Gasteiger partial charge in [-0.1, -0.05) is 65.8 Å². The van der Waals surface area contributed by atoms with Crippen LogP contribution in [-0.4, -0.2) is 10.3 Å². The molecule has 3 heteroatoms. The SMILES string of the molecule is OCc1onc(-c2ccccc2)c1-c1ccccc1. The molecule has 0 saturated heterocycles. The fraction of sp³-hybridized carbons (Fsp3) is 0.0625.